The standard InChI is InChI=1S/C14H27N5/c1-11(2)9-19-7-5-13(6-8-19)16-12(3)14-17-15-10-18(14)4/h10-13,16H,5-9H2,1-4H3/t12-/m0/s1. The van der Waals surface area contributed by atoms with Crippen LogP contribution >= 0.6 is 0 Å². The van der Waals surface area contributed by atoms with Crippen molar-refractivity contribution >= 4 is 0 Å². The fourth-order valence-electron chi connectivity index (χ4n) is 2.91. The Labute approximate surface area is 116 Å². The zero-order valence-electron chi connectivity index (χ0n) is 12.6. The SMILES string of the molecule is CC(C)CN1CCC(N[C@@H](C)c2nncn2C)CC1. The van der Waals surface area contributed by atoms with Crippen molar-refractivity contribution in [3.8, 4) is 0 Å². The van der Waals surface area contributed by atoms with Gasteiger partial charge < -0.3 is 14.8 Å². The van der Waals surface area contributed by atoms with Gasteiger partial charge in [-0.2, -0.15) is 0 Å². The van der Waals surface area contributed by atoms with E-state index in [4.69, 9.17) is 0 Å². The molecule has 1 fully saturated rings. The van der Waals surface area contributed by atoms with Gasteiger partial charge in [-0.3, -0.25) is 0 Å². The summed E-state index contributed by atoms with van der Waals surface area (Å²) in [5, 5.41) is 11.8. The summed E-state index contributed by atoms with van der Waals surface area (Å²) in [5.41, 5.74) is 0. The zero-order valence-corrected chi connectivity index (χ0v) is 12.6. The van der Waals surface area contributed by atoms with E-state index in [1.54, 1.807) is 6.33 Å². The first-order valence-electron chi connectivity index (χ1n) is 7.38. The number of rotatable bonds is 5. The molecule has 1 aliphatic heterocycles. The summed E-state index contributed by atoms with van der Waals surface area (Å²) in [6.45, 7) is 10.4. The average molecular weight is 265 g/mol. The van der Waals surface area contributed by atoms with Crippen LogP contribution in [0.5, 0.6) is 0 Å². The molecular weight excluding hydrogens is 238 g/mol. The molecule has 1 aromatic heterocycles. The van der Waals surface area contributed by atoms with Crippen LogP contribution in [-0.4, -0.2) is 45.3 Å². The molecule has 0 amide bonds. The number of hydrogen-bond donors (Lipinski definition) is 1. The maximum absolute atomic E-state index is 4.18. The average Bonchev–Trinajstić information content (AvgIpc) is 2.77. The van der Waals surface area contributed by atoms with Crippen molar-refractivity contribution in [3.05, 3.63) is 12.2 Å². The second-order valence-electron chi connectivity index (χ2n) is 6.16. The van der Waals surface area contributed by atoms with Gasteiger partial charge in [-0.1, -0.05) is 13.8 Å². The van der Waals surface area contributed by atoms with Crippen molar-refractivity contribution in [3.63, 3.8) is 0 Å². The first-order chi connectivity index (χ1) is 9.06. The Morgan fingerprint density at radius 3 is 2.53 bits per heavy atom. The van der Waals surface area contributed by atoms with E-state index in [-0.39, 0.29) is 6.04 Å². The highest BCUT2D eigenvalue weighted by molar-refractivity contribution is 4.94. The summed E-state index contributed by atoms with van der Waals surface area (Å²) in [7, 11) is 2.00. The van der Waals surface area contributed by atoms with Crippen LogP contribution in [-0.2, 0) is 7.05 Å². The third-order valence-electron chi connectivity index (χ3n) is 3.83. The van der Waals surface area contributed by atoms with Gasteiger partial charge in [0.2, 0.25) is 0 Å². The maximum atomic E-state index is 4.18. The van der Waals surface area contributed by atoms with Crippen molar-refractivity contribution in [2.45, 2.75) is 45.7 Å². The summed E-state index contributed by atoms with van der Waals surface area (Å²) in [5.74, 6) is 1.78. The molecule has 108 valence electrons. The topological polar surface area (TPSA) is 46.0 Å². The predicted molar refractivity (Wildman–Crippen MR) is 76.9 cm³/mol. The molecule has 5 nitrogen and oxygen atoms in total. The van der Waals surface area contributed by atoms with Gasteiger partial charge in [-0.25, -0.2) is 0 Å². The molecule has 5 heteroatoms. The van der Waals surface area contributed by atoms with Gasteiger partial charge in [0.25, 0.3) is 0 Å². The Bertz CT molecular complexity index is 379. The van der Waals surface area contributed by atoms with Crippen LogP contribution in [0, 0.1) is 5.92 Å². The number of hydrogen-bond acceptors (Lipinski definition) is 4. The summed E-state index contributed by atoms with van der Waals surface area (Å²) >= 11 is 0. The lowest BCUT2D eigenvalue weighted by Crippen LogP contribution is -2.44. The van der Waals surface area contributed by atoms with Gasteiger partial charge in [0.05, 0.1) is 6.04 Å². The minimum Gasteiger partial charge on any atom is -0.319 e. The number of likely N-dealkylation sites (tertiary alicyclic amines) is 1. The molecule has 1 aromatic rings. The van der Waals surface area contributed by atoms with E-state index in [1.807, 2.05) is 11.6 Å². The van der Waals surface area contributed by atoms with Crippen LogP contribution in [0.3, 0.4) is 0 Å². The van der Waals surface area contributed by atoms with E-state index in [2.05, 4.69) is 41.2 Å². The largest absolute Gasteiger partial charge is 0.319 e. The molecule has 0 bridgehead atoms. The van der Waals surface area contributed by atoms with Crippen molar-refractivity contribution in [2.75, 3.05) is 19.6 Å². The number of piperidine rings is 1. The molecular formula is C14H27N5. The highest BCUT2D eigenvalue weighted by Crippen LogP contribution is 2.16. The highest BCUT2D eigenvalue weighted by atomic mass is 15.3. The number of nitrogens with zero attached hydrogens (tertiary/aromatic N) is 4. The Hall–Kier alpha value is -0.940. The maximum Gasteiger partial charge on any atom is 0.149 e. The first kappa shape index (κ1) is 14.5. The second kappa shape index (κ2) is 6.48. The molecule has 0 unspecified atom stereocenters. The lowest BCUT2D eigenvalue weighted by atomic mass is 10.0. The summed E-state index contributed by atoms with van der Waals surface area (Å²) < 4.78 is 1.99. The normalized spacial score (nSPS) is 20.1. The highest BCUT2D eigenvalue weighted by Gasteiger charge is 2.22. The van der Waals surface area contributed by atoms with Crippen LogP contribution in [0.2, 0.25) is 0 Å². The molecule has 0 aromatic carbocycles. The Balaban J connectivity index is 1.78. The van der Waals surface area contributed by atoms with E-state index < -0.39 is 0 Å². The lowest BCUT2D eigenvalue weighted by Gasteiger charge is -2.34. The van der Waals surface area contributed by atoms with Gasteiger partial charge in [-0.15, -0.1) is 10.2 Å². The number of aryl methyl sites for hydroxylation is 1. The molecule has 0 radical (unpaired) electrons. The summed E-state index contributed by atoms with van der Waals surface area (Å²) in [6, 6.07) is 0.879. The van der Waals surface area contributed by atoms with Crippen molar-refractivity contribution < 1.29 is 0 Å². The molecule has 0 saturated carbocycles. The van der Waals surface area contributed by atoms with Gasteiger partial charge in [0.15, 0.2) is 0 Å². The Morgan fingerprint density at radius 1 is 1.32 bits per heavy atom. The minimum absolute atomic E-state index is 0.272. The van der Waals surface area contributed by atoms with Crippen LogP contribution in [0.25, 0.3) is 0 Å². The van der Waals surface area contributed by atoms with E-state index >= 15 is 0 Å². The van der Waals surface area contributed by atoms with Crippen LogP contribution in [0.1, 0.15) is 45.5 Å². The third-order valence-corrected chi connectivity index (χ3v) is 3.83. The van der Waals surface area contributed by atoms with Crippen molar-refractivity contribution in [2.24, 2.45) is 13.0 Å². The Kier molecular flexibility index (Phi) is 4.93. The molecule has 2 rings (SSSR count). The molecule has 2 heterocycles. The second-order valence-corrected chi connectivity index (χ2v) is 6.16. The van der Waals surface area contributed by atoms with Gasteiger partial charge in [0, 0.05) is 19.6 Å². The van der Waals surface area contributed by atoms with E-state index in [9.17, 15) is 0 Å². The molecule has 0 spiro atoms. The molecule has 1 atom stereocenters. The monoisotopic (exact) mass is 265 g/mol. The van der Waals surface area contributed by atoms with Gasteiger partial charge >= 0.3 is 0 Å². The smallest absolute Gasteiger partial charge is 0.149 e. The lowest BCUT2D eigenvalue weighted by molar-refractivity contribution is 0.174. The molecule has 0 aliphatic carbocycles. The predicted octanol–water partition coefficient (Wildman–Crippen LogP) is 1.59. The fraction of sp³-hybridized carbons (Fsp3) is 0.857. The quantitative estimate of drug-likeness (QED) is 0.878. The van der Waals surface area contributed by atoms with Crippen LogP contribution < -0.4 is 5.32 Å². The van der Waals surface area contributed by atoms with Gasteiger partial charge in [-0.05, 0) is 38.8 Å². The van der Waals surface area contributed by atoms with Gasteiger partial charge in [0.1, 0.15) is 12.2 Å². The molecule has 1 N–H and O–H groups in total. The van der Waals surface area contributed by atoms with E-state index in [1.165, 1.54) is 32.5 Å². The molecule has 19 heavy (non-hydrogen) atoms. The van der Waals surface area contributed by atoms with E-state index in [0.29, 0.717) is 6.04 Å². The minimum atomic E-state index is 0.272. The first-order valence-corrected chi connectivity index (χ1v) is 7.38. The van der Waals surface area contributed by atoms with Crippen molar-refractivity contribution in [1.82, 2.24) is 25.0 Å². The number of nitrogens with one attached hydrogen (secondary N) is 1. The van der Waals surface area contributed by atoms with Crippen LogP contribution in [0.4, 0.5) is 0 Å². The summed E-state index contributed by atoms with van der Waals surface area (Å²) in [4.78, 5) is 2.58. The van der Waals surface area contributed by atoms with Crippen molar-refractivity contribution in [1.29, 1.82) is 0 Å². The number of aromatic nitrogens is 3. The molecule has 1 aliphatic rings. The zero-order chi connectivity index (χ0) is 13.8. The summed E-state index contributed by atoms with van der Waals surface area (Å²) in [6.07, 6.45) is 4.22. The fourth-order valence-corrected chi connectivity index (χ4v) is 2.91. The van der Waals surface area contributed by atoms with E-state index in [0.717, 1.165) is 11.7 Å². The third kappa shape index (κ3) is 4.01. The Morgan fingerprint density at radius 2 is 2.00 bits per heavy atom. The molecule has 1 saturated heterocycles. The van der Waals surface area contributed by atoms with Crippen LogP contribution in [0.15, 0.2) is 6.33 Å².